The predicted molar refractivity (Wildman–Crippen MR) is 61.5 cm³/mol. The van der Waals surface area contributed by atoms with Gasteiger partial charge in [0.1, 0.15) is 0 Å². The van der Waals surface area contributed by atoms with Crippen molar-refractivity contribution in [3.8, 4) is 5.69 Å². The van der Waals surface area contributed by atoms with E-state index in [-0.39, 0.29) is 5.56 Å². The van der Waals surface area contributed by atoms with E-state index in [0.29, 0.717) is 4.57 Å². The third-order valence-electron chi connectivity index (χ3n) is 1.89. The Morgan fingerprint density at radius 1 is 1.27 bits per heavy atom. The Balaban J connectivity index is 3.03. The molecule has 0 saturated carbocycles. The van der Waals surface area contributed by atoms with Gasteiger partial charge in [-0.25, -0.2) is 0 Å². The molecule has 0 fully saturated rings. The van der Waals surface area contributed by atoms with Crippen LogP contribution in [0, 0.1) is 13.8 Å². The van der Waals surface area contributed by atoms with Gasteiger partial charge in [0.2, 0.25) is 0 Å². The van der Waals surface area contributed by atoms with Gasteiger partial charge in [-0.1, -0.05) is 18.1 Å². The molecule has 0 spiro atoms. The molecule has 0 aliphatic carbocycles. The summed E-state index contributed by atoms with van der Waals surface area (Å²) in [4.78, 5) is 12.3. The molecule has 2 nitrogen and oxygen atoms in total. The van der Waals surface area contributed by atoms with E-state index >= 15 is 0 Å². The third kappa shape index (κ3) is 1.84. The lowest BCUT2D eigenvalue weighted by Crippen LogP contribution is -2.17. The van der Waals surface area contributed by atoms with Crippen molar-refractivity contribution in [1.82, 2.24) is 4.57 Å². The zero-order valence-electron chi connectivity index (χ0n) is 16.9. The van der Waals surface area contributed by atoms with Crippen LogP contribution in [0.3, 0.4) is 0 Å². The average molecular weight is 208 g/mol. The van der Waals surface area contributed by atoms with E-state index in [1.807, 2.05) is 0 Å². The van der Waals surface area contributed by atoms with Gasteiger partial charge in [-0.2, -0.15) is 0 Å². The van der Waals surface area contributed by atoms with Crippen molar-refractivity contribution < 1.29 is 12.3 Å². The molecule has 15 heavy (non-hydrogen) atoms. The quantitative estimate of drug-likeness (QED) is 0.705. The van der Waals surface area contributed by atoms with Gasteiger partial charge in [0, 0.05) is 22.0 Å². The fourth-order valence-corrected chi connectivity index (χ4v) is 1.10. The zero-order valence-corrected chi connectivity index (χ0v) is 7.93. The van der Waals surface area contributed by atoms with Crippen LogP contribution >= 0.6 is 0 Å². The second-order valence-corrected chi connectivity index (χ2v) is 2.96. The van der Waals surface area contributed by atoms with Crippen molar-refractivity contribution in [1.29, 1.82) is 0 Å². The van der Waals surface area contributed by atoms with Crippen LogP contribution in [0.1, 0.15) is 23.5 Å². The van der Waals surface area contributed by atoms with Crippen molar-refractivity contribution in [3.63, 3.8) is 0 Å². The van der Waals surface area contributed by atoms with E-state index in [1.54, 1.807) is 0 Å². The molecule has 0 aliphatic rings. The third-order valence-corrected chi connectivity index (χ3v) is 1.89. The minimum Gasteiger partial charge on any atom is -0.284 e. The highest BCUT2D eigenvalue weighted by atomic mass is 16.1. The maximum absolute atomic E-state index is 12.3. The number of hydrogen-bond donors (Lipinski definition) is 0. The lowest BCUT2D eigenvalue weighted by atomic mass is 10.2. The molecular weight excluding hydrogens is 186 g/mol. The highest BCUT2D eigenvalue weighted by Crippen LogP contribution is 2.07. The second kappa shape index (κ2) is 3.73. The molecule has 0 aliphatic heterocycles. The van der Waals surface area contributed by atoms with E-state index in [0.717, 1.165) is 6.07 Å². The number of nitrogens with zero attached hydrogens (tertiary/aromatic N) is 1. The molecular formula is C13H13NO. The van der Waals surface area contributed by atoms with Crippen molar-refractivity contribution in [2.45, 2.75) is 13.8 Å². The van der Waals surface area contributed by atoms with Crippen molar-refractivity contribution in [3.05, 3.63) is 63.9 Å². The molecule has 2 rings (SSSR count). The van der Waals surface area contributed by atoms with E-state index in [2.05, 4.69) is 0 Å². The zero-order chi connectivity index (χ0) is 18.6. The minimum atomic E-state index is -2.69. The van der Waals surface area contributed by atoms with Gasteiger partial charge >= 0.3 is 0 Å². The Kier molecular flexibility index (Phi) is 0.904. The topological polar surface area (TPSA) is 22.0 Å². The van der Waals surface area contributed by atoms with Crippen LogP contribution in [0.15, 0.2) is 47.2 Å². The second-order valence-electron chi connectivity index (χ2n) is 2.96. The fraction of sp³-hybridized carbons (Fsp3) is 0.154. The molecule has 1 aromatic carbocycles. The molecule has 1 heterocycles. The van der Waals surface area contributed by atoms with Crippen LogP contribution in [0.5, 0.6) is 0 Å². The first-order chi connectivity index (χ1) is 10.9. The Morgan fingerprint density at radius 3 is 2.67 bits per heavy atom. The number of rotatable bonds is 1. The number of hydrogen-bond acceptors (Lipinski definition) is 1. The summed E-state index contributed by atoms with van der Waals surface area (Å²) in [5.41, 5.74) is -1.71. The SMILES string of the molecule is [2H]c1c([2H])c([2H])c(-n2c([2H])c(C([2H])([2H])[2H])c(C)cc2=O)c([2H])c1[2H]. The van der Waals surface area contributed by atoms with Gasteiger partial charge in [-0.05, 0) is 37.0 Å². The standard InChI is InChI=1S/C13H13NO/c1-10-8-13(15)14(9-11(10)2)12-6-4-3-5-7-12/h3-9H,1-2H3/i2D3,3D,4D,5D,6D,7D,9D. The Labute approximate surface area is 101 Å². The van der Waals surface area contributed by atoms with Crippen LogP contribution in [-0.2, 0) is 0 Å². The average Bonchev–Trinajstić information content (AvgIpc) is 2.44. The fourth-order valence-electron chi connectivity index (χ4n) is 1.10. The van der Waals surface area contributed by atoms with Crippen LogP contribution < -0.4 is 5.56 Å². The molecule has 0 amide bonds. The summed E-state index contributed by atoms with van der Waals surface area (Å²) in [5, 5.41) is 0. The summed E-state index contributed by atoms with van der Waals surface area (Å²) in [5.74, 6) is 0. The van der Waals surface area contributed by atoms with Crippen LogP contribution in [-0.4, -0.2) is 4.57 Å². The van der Waals surface area contributed by atoms with Gasteiger partial charge in [0.15, 0.2) is 0 Å². The van der Waals surface area contributed by atoms with Crippen molar-refractivity contribution in [2.75, 3.05) is 0 Å². The highest BCUT2D eigenvalue weighted by Gasteiger charge is 2.01. The lowest BCUT2D eigenvalue weighted by molar-refractivity contribution is 0.966. The van der Waals surface area contributed by atoms with Gasteiger partial charge in [-0.15, -0.1) is 0 Å². The molecule has 0 unspecified atom stereocenters. The van der Waals surface area contributed by atoms with E-state index in [4.69, 9.17) is 12.3 Å². The summed E-state index contributed by atoms with van der Waals surface area (Å²) in [7, 11) is 0. The predicted octanol–water partition coefficient (Wildman–Crippen LogP) is 2.45. The highest BCUT2D eigenvalue weighted by molar-refractivity contribution is 5.34. The van der Waals surface area contributed by atoms with Crippen LogP contribution in [0.4, 0.5) is 0 Å². The summed E-state index contributed by atoms with van der Waals surface area (Å²) in [6, 6.07) is -2.38. The van der Waals surface area contributed by atoms with Gasteiger partial charge in [0.05, 0.1) is 8.22 Å². The van der Waals surface area contributed by atoms with Crippen molar-refractivity contribution in [2.24, 2.45) is 0 Å². The molecule has 0 N–H and O–H groups in total. The Bertz CT molecular complexity index is 869. The molecule has 0 atom stereocenters. The number of pyridine rings is 1. The van der Waals surface area contributed by atoms with Gasteiger partial charge in [0.25, 0.3) is 5.56 Å². The van der Waals surface area contributed by atoms with E-state index in [9.17, 15) is 4.79 Å². The smallest absolute Gasteiger partial charge is 0.255 e. The van der Waals surface area contributed by atoms with Gasteiger partial charge in [-0.3, -0.25) is 9.36 Å². The number of benzene rings is 1. The minimum absolute atomic E-state index is 0.0774. The Hall–Kier alpha value is -1.83. The largest absolute Gasteiger partial charge is 0.284 e. The molecule has 0 radical (unpaired) electrons. The molecule has 0 bridgehead atoms. The maximum Gasteiger partial charge on any atom is 0.255 e. The molecule has 76 valence electrons. The maximum atomic E-state index is 12.3. The summed E-state index contributed by atoms with van der Waals surface area (Å²) >= 11 is 0. The monoisotopic (exact) mass is 208 g/mol. The van der Waals surface area contributed by atoms with Crippen molar-refractivity contribution >= 4 is 0 Å². The first-order valence-corrected chi connectivity index (χ1v) is 4.20. The summed E-state index contributed by atoms with van der Waals surface area (Å²) in [6.07, 6.45) is -0.724. The van der Waals surface area contributed by atoms with Crippen LogP contribution in [0.2, 0.25) is 0 Å². The summed E-state index contributed by atoms with van der Waals surface area (Å²) < 4.78 is 69.8. The van der Waals surface area contributed by atoms with E-state index in [1.165, 1.54) is 6.92 Å². The molecule has 2 aromatic rings. The number of aromatic nitrogens is 1. The molecule has 1 aromatic heterocycles. The number of aryl methyl sites for hydroxylation is 1. The first-order valence-electron chi connectivity index (χ1n) is 8.70. The lowest BCUT2D eigenvalue weighted by Gasteiger charge is -2.07. The molecule has 0 saturated heterocycles. The van der Waals surface area contributed by atoms with Gasteiger partial charge < -0.3 is 0 Å². The Morgan fingerprint density at radius 2 is 2.00 bits per heavy atom. The molecule has 2 heteroatoms. The normalized spacial score (nSPS) is 19.7. The summed E-state index contributed by atoms with van der Waals surface area (Å²) in [6.45, 7) is -1.32. The van der Waals surface area contributed by atoms with Crippen LogP contribution in [0.25, 0.3) is 5.69 Å². The van der Waals surface area contributed by atoms with E-state index < -0.39 is 60.0 Å². The number of para-hydroxylation sites is 1. The first kappa shape index (κ1) is 3.63.